The number of hydrogen-bond donors (Lipinski definition) is 1. The first kappa shape index (κ1) is 9.87. The van der Waals surface area contributed by atoms with Gasteiger partial charge in [0.2, 0.25) is 0 Å². The lowest BCUT2D eigenvalue weighted by atomic mass is 9.91. The Hall–Kier alpha value is -1.32. The Bertz CT molecular complexity index is 422. The van der Waals surface area contributed by atoms with Crippen molar-refractivity contribution in [1.29, 1.82) is 0 Å². The quantitative estimate of drug-likeness (QED) is 0.732. The lowest BCUT2D eigenvalue weighted by Gasteiger charge is -2.38. The summed E-state index contributed by atoms with van der Waals surface area (Å²) in [5, 5.41) is 3.13. The first-order valence-electron chi connectivity index (χ1n) is 5.66. The van der Waals surface area contributed by atoms with E-state index in [1.54, 1.807) is 0 Å². The molecule has 1 aromatic rings. The number of anilines is 1. The predicted molar refractivity (Wildman–Crippen MR) is 56.7 cm³/mol. The maximum absolute atomic E-state index is 13.5. The second kappa shape index (κ2) is 3.61. The van der Waals surface area contributed by atoms with Crippen LogP contribution in [0.25, 0.3) is 0 Å². The van der Waals surface area contributed by atoms with E-state index in [0.717, 1.165) is 31.7 Å². The molecule has 0 amide bonds. The summed E-state index contributed by atoms with van der Waals surface area (Å²) in [6.45, 7) is 0. The van der Waals surface area contributed by atoms with Crippen molar-refractivity contribution >= 4 is 5.69 Å². The van der Waals surface area contributed by atoms with Crippen LogP contribution in [-0.4, -0.2) is 12.1 Å². The molecule has 0 radical (unpaired) electrons. The second-order valence-corrected chi connectivity index (χ2v) is 4.45. The largest absolute Gasteiger partial charge is 0.486 e. The van der Waals surface area contributed by atoms with E-state index in [1.165, 1.54) is 6.07 Å². The molecule has 1 saturated carbocycles. The Morgan fingerprint density at radius 3 is 2.88 bits per heavy atom. The second-order valence-electron chi connectivity index (χ2n) is 4.45. The first-order valence-corrected chi connectivity index (χ1v) is 5.66. The fraction of sp³-hybridized carbons (Fsp3) is 0.500. The molecule has 2 nitrogen and oxygen atoms in total. The molecule has 86 valence electrons. The molecule has 0 saturated heterocycles. The van der Waals surface area contributed by atoms with Crippen molar-refractivity contribution < 1.29 is 13.5 Å². The monoisotopic (exact) mass is 225 g/mol. The number of benzene rings is 1. The van der Waals surface area contributed by atoms with Crippen molar-refractivity contribution in [2.45, 2.75) is 37.8 Å². The third-order valence-corrected chi connectivity index (χ3v) is 3.33. The standard InChI is InChI=1S/C12H13F2NO/c13-7-5-8(14)12-11(6-7)16-10-4-2-1-3-9(10)15-12/h5-6,9-10,15H,1-4H2. The van der Waals surface area contributed by atoms with Gasteiger partial charge in [-0.1, -0.05) is 6.42 Å². The van der Waals surface area contributed by atoms with Crippen LogP contribution in [0.15, 0.2) is 12.1 Å². The fourth-order valence-corrected chi connectivity index (χ4v) is 2.53. The number of nitrogens with one attached hydrogen (secondary N) is 1. The molecule has 0 spiro atoms. The van der Waals surface area contributed by atoms with Crippen molar-refractivity contribution in [1.82, 2.24) is 0 Å². The Morgan fingerprint density at radius 1 is 1.19 bits per heavy atom. The van der Waals surface area contributed by atoms with E-state index in [2.05, 4.69) is 5.32 Å². The van der Waals surface area contributed by atoms with Crippen LogP contribution in [0.4, 0.5) is 14.5 Å². The molecule has 2 atom stereocenters. The summed E-state index contributed by atoms with van der Waals surface area (Å²) in [6.07, 6.45) is 4.25. The van der Waals surface area contributed by atoms with Gasteiger partial charge in [0.15, 0.2) is 5.82 Å². The van der Waals surface area contributed by atoms with Crippen LogP contribution in [0.2, 0.25) is 0 Å². The number of ether oxygens (including phenoxy) is 1. The van der Waals surface area contributed by atoms with Gasteiger partial charge in [-0.25, -0.2) is 8.78 Å². The smallest absolute Gasteiger partial charge is 0.153 e. The average Bonchev–Trinajstić information content (AvgIpc) is 2.27. The predicted octanol–water partition coefficient (Wildman–Crippen LogP) is 3.08. The first-order chi connectivity index (χ1) is 7.74. The summed E-state index contributed by atoms with van der Waals surface area (Å²) in [6, 6.07) is 2.30. The molecule has 2 unspecified atom stereocenters. The summed E-state index contributed by atoms with van der Waals surface area (Å²) in [5.41, 5.74) is 0.310. The fourth-order valence-electron chi connectivity index (χ4n) is 2.53. The summed E-state index contributed by atoms with van der Waals surface area (Å²) in [4.78, 5) is 0. The third kappa shape index (κ3) is 1.52. The van der Waals surface area contributed by atoms with E-state index in [-0.39, 0.29) is 12.1 Å². The topological polar surface area (TPSA) is 21.3 Å². The highest BCUT2D eigenvalue weighted by atomic mass is 19.1. The van der Waals surface area contributed by atoms with Gasteiger partial charge in [0.1, 0.15) is 23.4 Å². The van der Waals surface area contributed by atoms with E-state index in [1.807, 2.05) is 0 Å². The minimum Gasteiger partial charge on any atom is -0.486 e. The van der Waals surface area contributed by atoms with Crippen molar-refractivity contribution in [3.05, 3.63) is 23.8 Å². The Morgan fingerprint density at radius 2 is 2.00 bits per heavy atom. The van der Waals surface area contributed by atoms with Gasteiger partial charge in [0, 0.05) is 12.1 Å². The zero-order valence-electron chi connectivity index (χ0n) is 8.80. The van der Waals surface area contributed by atoms with Crippen LogP contribution in [-0.2, 0) is 0 Å². The number of fused-ring (bicyclic) bond motifs is 2. The van der Waals surface area contributed by atoms with Crippen LogP contribution in [0, 0.1) is 11.6 Å². The van der Waals surface area contributed by atoms with Gasteiger partial charge >= 0.3 is 0 Å². The molecular formula is C12H13F2NO. The Kier molecular flexibility index (Phi) is 2.23. The highest BCUT2D eigenvalue weighted by Crippen LogP contribution is 2.38. The summed E-state index contributed by atoms with van der Waals surface area (Å²) >= 11 is 0. The summed E-state index contributed by atoms with van der Waals surface area (Å²) < 4.78 is 32.2. The van der Waals surface area contributed by atoms with E-state index in [9.17, 15) is 8.78 Å². The van der Waals surface area contributed by atoms with Gasteiger partial charge in [0.05, 0.1) is 6.04 Å². The maximum Gasteiger partial charge on any atom is 0.153 e. The van der Waals surface area contributed by atoms with Gasteiger partial charge in [-0.3, -0.25) is 0 Å². The van der Waals surface area contributed by atoms with Crippen LogP contribution < -0.4 is 10.1 Å². The van der Waals surface area contributed by atoms with Crippen molar-refractivity contribution in [3.63, 3.8) is 0 Å². The molecular weight excluding hydrogens is 212 g/mol. The summed E-state index contributed by atoms with van der Waals surface area (Å²) in [7, 11) is 0. The lowest BCUT2D eigenvalue weighted by molar-refractivity contribution is 0.129. The molecule has 1 aromatic carbocycles. The van der Waals surface area contributed by atoms with Gasteiger partial charge in [-0.15, -0.1) is 0 Å². The molecule has 1 N–H and O–H groups in total. The summed E-state index contributed by atoms with van der Waals surface area (Å²) in [5.74, 6) is -0.855. The maximum atomic E-state index is 13.5. The zero-order chi connectivity index (χ0) is 11.1. The van der Waals surface area contributed by atoms with Gasteiger partial charge in [-0.2, -0.15) is 0 Å². The van der Waals surface area contributed by atoms with E-state index < -0.39 is 11.6 Å². The third-order valence-electron chi connectivity index (χ3n) is 3.33. The Balaban J connectivity index is 1.98. The molecule has 0 bridgehead atoms. The molecule has 1 aliphatic heterocycles. The molecule has 1 heterocycles. The van der Waals surface area contributed by atoms with Crippen LogP contribution in [0.5, 0.6) is 5.75 Å². The van der Waals surface area contributed by atoms with E-state index in [0.29, 0.717) is 11.4 Å². The Labute approximate surface area is 92.6 Å². The molecule has 16 heavy (non-hydrogen) atoms. The minimum absolute atomic E-state index is 0.0578. The van der Waals surface area contributed by atoms with Crippen molar-refractivity contribution in [3.8, 4) is 5.75 Å². The molecule has 2 aliphatic rings. The molecule has 1 fully saturated rings. The molecule has 1 aliphatic carbocycles. The molecule has 4 heteroatoms. The van der Waals surface area contributed by atoms with E-state index in [4.69, 9.17) is 4.74 Å². The minimum atomic E-state index is -0.590. The van der Waals surface area contributed by atoms with Crippen LogP contribution >= 0.6 is 0 Å². The van der Waals surface area contributed by atoms with E-state index >= 15 is 0 Å². The van der Waals surface area contributed by atoms with Crippen molar-refractivity contribution in [2.75, 3.05) is 5.32 Å². The lowest BCUT2D eigenvalue weighted by Crippen LogP contribution is -2.43. The number of halogens is 2. The highest BCUT2D eigenvalue weighted by Gasteiger charge is 2.33. The van der Waals surface area contributed by atoms with Crippen LogP contribution in [0.1, 0.15) is 25.7 Å². The molecule has 0 aromatic heterocycles. The normalized spacial score (nSPS) is 27.4. The van der Waals surface area contributed by atoms with Crippen molar-refractivity contribution in [2.24, 2.45) is 0 Å². The number of rotatable bonds is 0. The molecule has 3 rings (SSSR count). The van der Waals surface area contributed by atoms with Crippen LogP contribution in [0.3, 0.4) is 0 Å². The zero-order valence-corrected chi connectivity index (χ0v) is 8.80. The SMILES string of the molecule is Fc1cc(F)c2c(c1)OC1CCCCC1N2. The average molecular weight is 225 g/mol. The number of hydrogen-bond acceptors (Lipinski definition) is 2. The van der Waals surface area contributed by atoms with Gasteiger partial charge < -0.3 is 10.1 Å². The highest BCUT2D eigenvalue weighted by molar-refractivity contribution is 5.60. The van der Waals surface area contributed by atoms with Gasteiger partial charge in [0.25, 0.3) is 0 Å². The van der Waals surface area contributed by atoms with Gasteiger partial charge in [-0.05, 0) is 19.3 Å².